The summed E-state index contributed by atoms with van der Waals surface area (Å²) >= 11 is 0. The summed E-state index contributed by atoms with van der Waals surface area (Å²) in [5.74, 6) is -1.60. The molecule has 0 spiro atoms. The molecule has 2 amide bonds. The average Bonchev–Trinajstić information content (AvgIpc) is 2.79. The van der Waals surface area contributed by atoms with Crippen molar-refractivity contribution < 1.29 is 13.6 Å². The number of rotatable bonds is 14. The SMILES string of the molecule is NCCCNC(CCCN=C(N)N)CCCn1ccc(NC(=O)Nc2ccc(F)cc2F)nc1=O. The van der Waals surface area contributed by atoms with Crippen LogP contribution in [0.4, 0.5) is 25.1 Å². The number of urea groups is 1. The van der Waals surface area contributed by atoms with Gasteiger partial charge in [-0.1, -0.05) is 0 Å². The highest BCUT2D eigenvalue weighted by atomic mass is 19.1. The summed E-state index contributed by atoms with van der Waals surface area (Å²) < 4.78 is 28.1. The van der Waals surface area contributed by atoms with Gasteiger partial charge in [-0.2, -0.15) is 4.98 Å². The van der Waals surface area contributed by atoms with E-state index in [9.17, 15) is 18.4 Å². The predicted octanol–water partition coefficient (Wildman–Crippen LogP) is 1.31. The summed E-state index contributed by atoms with van der Waals surface area (Å²) in [5, 5.41) is 8.07. The second-order valence-corrected chi connectivity index (χ2v) is 7.88. The quantitative estimate of drug-likeness (QED) is 0.130. The predicted molar refractivity (Wildman–Crippen MR) is 132 cm³/mol. The molecule has 1 aromatic heterocycles. The Bertz CT molecular complexity index is 1040. The van der Waals surface area contributed by atoms with E-state index in [2.05, 4.69) is 25.9 Å². The zero-order chi connectivity index (χ0) is 25.6. The highest BCUT2D eigenvalue weighted by Crippen LogP contribution is 2.15. The van der Waals surface area contributed by atoms with Crippen LogP contribution in [0.25, 0.3) is 0 Å². The number of nitrogens with one attached hydrogen (secondary N) is 3. The molecule has 1 unspecified atom stereocenters. The number of aliphatic imine (C=N–C) groups is 1. The lowest BCUT2D eigenvalue weighted by atomic mass is 10.1. The molecule has 2 aromatic rings. The summed E-state index contributed by atoms with van der Waals surface area (Å²) in [7, 11) is 0. The van der Waals surface area contributed by atoms with Gasteiger partial charge >= 0.3 is 11.7 Å². The fraction of sp³-hybridized carbons (Fsp3) is 0.455. The van der Waals surface area contributed by atoms with E-state index >= 15 is 0 Å². The maximum absolute atomic E-state index is 13.7. The van der Waals surface area contributed by atoms with Gasteiger partial charge in [-0.15, -0.1) is 0 Å². The molecule has 1 aromatic carbocycles. The number of nitrogens with two attached hydrogens (primary N) is 3. The topological polar surface area (TPSA) is 178 Å². The fourth-order valence-electron chi connectivity index (χ4n) is 3.34. The van der Waals surface area contributed by atoms with Crippen molar-refractivity contribution in [1.82, 2.24) is 14.9 Å². The normalized spacial score (nSPS) is 11.6. The highest BCUT2D eigenvalue weighted by molar-refractivity contribution is 5.99. The van der Waals surface area contributed by atoms with Gasteiger partial charge in [0.05, 0.1) is 5.69 Å². The Hall–Kier alpha value is -3.58. The number of carbonyl (C=O) groups is 1. The Balaban J connectivity index is 1.85. The minimum Gasteiger partial charge on any atom is -0.370 e. The molecular weight excluding hydrogens is 460 g/mol. The third kappa shape index (κ3) is 10.5. The van der Waals surface area contributed by atoms with Crippen molar-refractivity contribution in [2.45, 2.75) is 44.7 Å². The number of hydrogen-bond donors (Lipinski definition) is 6. The summed E-state index contributed by atoms with van der Waals surface area (Å²) in [5.41, 5.74) is 15.5. The average molecular weight is 494 g/mol. The molecule has 0 aliphatic heterocycles. The molecule has 1 heterocycles. The Morgan fingerprint density at radius 1 is 1.11 bits per heavy atom. The van der Waals surface area contributed by atoms with Gasteiger partial charge in [-0.05, 0) is 63.4 Å². The van der Waals surface area contributed by atoms with Gasteiger partial charge in [0.1, 0.15) is 17.5 Å². The first-order valence-electron chi connectivity index (χ1n) is 11.4. The molecule has 0 saturated carbocycles. The van der Waals surface area contributed by atoms with Crippen molar-refractivity contribution in [2.24, 2.45) is 22.2 Å². The summed E-state index contributed by atoms with van der Waals surface area (Å²) in [4.78, 5) is 32.2. The van der Waals surface area contributed by atoms with Crippen LogP contribution in [0.3, 0.4) is 0 Å². The molecule has 35 heavy (non-hydrogen) atoms. The Morgan fingerprint density at radius 3 is 2.57 bits per heavy atom. The standard InChI is InChI=1S/C22H33F2N9O2/c23-15-6-7-18(17(24)14-15)30-21(34)31-19-8-13-33(22(35)32-19)12-2-5-16(28-11-3-9-25)4-1-10-29-20(26)27/h6-8,13-14,16,28H,1-5,9-12,25H2,(H4,26,27,29)(H2,30,31,32,34,35). The van der Waals surface area contributed by atoms with Crippen LogP contribution in [0.2, 0.25) is 0 Å². The summed E-state index contributed by atoms with van der Waals surface area (Å²) in [6, 6.07) is 3.64. The first-order chi connectivity index (χ1) is 16.8. The second kappa shape index (κ2) is 14.6. The fourth-order valence-corrected chi connectivity index (χ4v) is 3.34. The van der Waals surface area contributed by atoms with Crippen LogP contribution in [0.1, 0.15) is 32.1 Å². The smallest absolute Gasteiger partial charge is 0.349 e. The molecule has 0 aliphatic rings. The number of hydrogen-bond acceptors (Lipinski definition) is 6. The maximum Gasteiger partial charge on any atom is 0.349 e. The van der Waals surface area contributed by atoms with Gasteiger partial charge in [0.2, 0.25) is 0 Å². The van der Waals surface area contributed by atoms with E-state index in [0.717, 1.165) is 50.8 Å². The van der Waals surface area contributed by atoms with Crippen LogP contribution in [-0.2, 0) is 6.54 Å². The van der Waals surface area contributed by atoms with Crippen molar-refractivity contribution in [3.05, 3.63) is 52.6 Å². The molecule has 0 radical (unpaired) electrons. The van der Waals surface area contributed by atoms with Crippen molar-refractivity contribution in [3.63, 3.8) is 0 Å². The Morgan fingerprint density at radius 2 is 1.89 bits per heavy atom. The summed E-state index contributed by atoms with van der Waals surface area (Å²) in [6.07, 6.45) is 5.64. The van der Waals surface area contributed by atoms with E-state index in [1.165, 1.54) is 16.8 Å². The molecule has 0 fully saturated rings. The number of guanidine groups is 1. The van der Waals surface area contributed by atoms with Gasteiger partial charge in [0, 0.05) is 31.4 Å². The van der Waals surface area contributed by atoms with E-state index in [-0.39, 0.29) is 23.5 Å². The number of aromatic nitrogens is 2. The molecule has 9 N–H and O–H groups in total. The number of aryl methyl sites for hydroxylation is 1. The molecule has 1 atom stereocenters. The van der Waals surface area contributed by atoms with Gasteiger partial charge in [0.15, 0.2) is 5.96 Å². The van der Waals surface area contributed by atoms with Crippen LogP contribution in [0.5, 0.6) is 0 Å². The lowest BCUT2D eigenvalue weighted by molar-refractivity contribution is 0.262. The van der Waals surface area contributed by atoms with Crippen molar-refractivity contribution in [2.75, 3.05) is 30.3 Å². The minimum atomic E-state index is -0.921. The van der Waals surface area contributed by atoms with E-state index in [4.69, 9.17) is 17.2 Å². The zero-order valence-electron chi connectivity index (χ0n) is 19.5. The highest BCUT2D eigenvalue weighted by Gasteiger charge is 2.11. The van der Waals surface area contributed by atoms with Crippen LogP contribution in [0.15, 0.2) is 40.2 Å². The van der Waals surface area contributed by atoms with Crippen LogP contribution in [0, 0.1) is 11.6 Å². The second-order valence-electron chi connectivity index (χ2n) is 7.88. The number of amides is 2. The number of anilines is 2. The molecule has 192 valence electrons. The molecule has 0 bridgehead atoms. The lowest BCUT2D eigenvalue weighted by Crippen LogP contribution is -2.32. The van der Waals surface area contributed by atoms with E-state index in [1.54, 1.807) is 0 Å². The third-order valence-corrected chi connectivity index (χ3v) is 5.07. The molecular formula is C22H33F2N9O2. The zero-order valence-corrected chi connectivity index (χ0v) is 19.5. The number of carbonyl (C=O) groups excluding carboxylic acids is 1. The largest absolute Gasteiger partial charge is 0.370 e. The Labute approximate surface area is 202 Å². The van der Waals surface area contributed by atoms with E-state index < -0.39 is 23.4 Å². The van der Waals surface area contributed by atoms with Crippen LogP contribution < -0.4 is 38.8 Å². The molecule has 2 rings (SSSR count). The monoisotopic (exact) mass is 493 g/mol. The maximum atomic E-state index is 13.7. The van der Waals surface area contributed by atoms with Crippen LogP contribution in [-0.4, -0.2) is 47.2 Å². The minimum absolute atomic E-state index is 0.00679. The Kier molecular flexibility index (Phi) is 11.6. The van der Waals surface area contributed by atoms with Crippen molar-refractivity contribution in [1.29, 1.82) is 0 Å². The van der Waals surface area contributed by atoms with E-state index in [0.29, 0.717) is 25.7 Å². The molecule has 0 saturated heterocycles. The van der Waals surface area contributed by atoms with Crippen molar-refractivity contribution in [3.8, 4) is 0 Å². The molecule has 13 heteroatoms. The van der Waals surface area contributed by atoms with Gasteiger partial charge in [-0.3, -0.25) is 14.9 Å². The third-order valence-electron chi connectivity index (χ3n) is 5.07. The van der Waals surface area contributed by atoms with Crippen LogP contribution >= 0.6 is 0 Å². The van der Waals surface area contributed by atoms with Gasteiger partial charge in [-0.25, -0.2) is 18.4 Å². The van der Waals surface area contributed by atoms with Crippen molar-refractivity contribution >= 4 is 23.5 Å². The van der Waals surface area contributed by atoms with Gasteiger partial charge in [0.25, 0.3) is 0 Å². The number of nitrogens with zero attached hydrogens (tertiary/aromatic N) is 3. The molecule has 11 nitrogen and oxygen atoms in total. The first-order valence-corrected chi connectivity index (χ1v) is 11.4. The summed E-state index contributed by atoms with van der Waals surface area (Å²) in [6.45, 7) is 2.40. The number of halogens is 2. The van der Waals surface area contributed by atoms with Gasteiger partial charge < -0.3 is 27.8 Å². The first kappa shape index (κ1) is 27.7. The number of benzene rings is 1. The lowest BCUT2D eigenvalue weighted by Gasteiger charge is -2.18. The molecule has 0 aliphatic carbocycles. The van der Waals surface area contributed by atoms with E-state index in [1.807, 2.05) is 0 Å².